The summed E-state index contributed by atoms with van der Waals surface area (Å²) >= 11 is 5.73. The van der Waals surface area contributed by atoms with Crippen LogP contribution in [-0.4, -0.2) is 25.7 Å². The van der Waals surface area contributed by atoms with Gasteiger partial charge in [-0.2, -0.15) is 5.10 Å². The number of anilines is 1. The van der Waals surface area contributed by atoms with Crippen LogP contribution in [0.25, 0.3) is 5.95 Å². The van der Waals surface area contributed by atoms with Crippen molar-refractivity contribution >= 4 is 23.2 Å². The number of aryl methyl sites for hydroxylation is 3. The second-order valence-electron chi connectivity index (χ2n) is 6.36. The van der Waals surface area contributed by atoms with Crippen LogP contribution in [0.1, 0.15) is 28.3 Å². The van der Waals surface area contributed by atoms with E-state index in [1.165, 1.54) is 12.1 Å². The summed E-state index contributed by atoms with van der Waals surface area (Å²) in [5.74, 6) is -0.463. The molecule has 140 valence electrons. The highest BCUT2D eigenvalue weighted by atomic mass is 35.5. The molecule has 3 rings (SSSR count). The number of nitrogens with one attached hydrogen (secondary N) is 1. The highest BCUT2D eigenvalue weighted by molar-refractivity contribution is 6.30. The Labute approximate surface area is 161 Å². The Morgan fingerprint density at radius 3 is 2.44 bits per heavy atom. The fourth-order valence-electron chi connectivity index (χ4n) is 2.87. The standard InChI is InChI=1S/C19H19ClFN5O/c1-10-7-11(2)23-19(22-10)26-13(4)15(12(3)25-26)9-18(27)24-17-6-5-14(20)8-16(17)21/h5-8H,9H2,1-4H3,(H,24,27). The maximum atomic E-state index is 13.9. The summed E-state index contributed by atoms with van der Waals surface area (Å²) in [4.78, 5) is 21.2. The van der Waals surface area contributed by atoms with Crippen molar-refractivity contribution in [1.82, 2.24) is 19.7 Å². The fraction of sp³-hybridized carbons (Fsp3) is 0.263. The van der Waals surface area contributed by atoms with Gasteiger partial charge in [-0.15, -0.1) is 0 Å². The Balaban J connectivity index is 1.85. The molecule has 0 saturated heterocycles. The minimum absolute atomic E-state index is 0.0601. The first kappa shape index (κ1) is 19.0. The van der Waals surface area contributed by atoms with E-state index in [1.807, 2.05) is 33.8 Å². The van der Waals surface area contributed by atoms with Gasteiger partial charge in [0.2, 0.25) is 5.91 Å². The molecule has 6 nitrogen and oxygen atoms in total. The SMILES string of the molecule is Cc1cc(C)nc(-n2nc(C)c(CC(=O)Nc3ccc(Cl)cc3F)c2C)n1. The van der Waals surface area contributed by atoms with E-state index in [2.05, 4.69) is 20.4 Å². The Morgan fingerprint density at radius 1 is 1.15 bits per heavy atom. The van der Waals surface area contributed by atoms with Gasteiger partial charge in [-0.3, -0.25) is 4.79 Å². The lowest BCUT2D eigenvalue weighted by Gasteiger charge is -2.08. The molecule has 2 aromatic heterocycles. The zero-order valence-electron chi connectivity index (χ0n) is 15.5. The molecule has 2 heterocycles. The summed E-state index contributed by atoms with van der Waals surface area (Å²) in [7, 11) is 0. The van der Waals surface area contributed by atoms with Crippen molar-refractivity contribution < 1.29 is 9.18 Å². The molecule has 1 N–H and O–H groups in total. The number of hydrogen-bond acceptors (Lipinski definition) is 4. The number of nitrogens with zero attached hydrogens (tertiary/aromatic N) is 4. The smallest absolute Gasteiger partial charge is 0.251 e. The van der Waals surface area contributed by atoms with Gasteiger partial charge in [-0.25, -0.2) is 19.0 Å². The van der Waals surface area contributed by atoms with E-state index in [0.717, 1.165) is 28.7 Å². The van der Waals surface area contributed by atoms with Gasteiger partial charge in [0, 0.05) is 27.7 Å². The molecule has 1 aromatic carbocycles. The van der Waals surface area contributed by atoms with Crippen LogP contribution in [0.4, 0.5) is 10.1 Å². The molecule has 0 radical (unpaired) electrons. The summed E-state index contributed by atoms with van der Waals surface area (Å²) in [5, 5.41) is 7.31. The number of amides is 1. The zero-order valence-corrected chi connectivity index (χ0v) is 16.2. The maximum absolute atomic E-state index is 13.9. The normalized spacial score (nSPS) is 10.9. The molecule has 0 aliphatic carbocycles. The third-order valence-corrected chi connectivity index (χ3v) is 4.38. The van der Waals surface area contributed by atoms with Gasteiger partial charge in [0.05, 0.1) is 17.8 Å². The molecule has 0 spiro atoms. The van der Waals surface area contributed by atoms with Crippen molar-refractivity contribution in [3.8, 4) is 5.95 Å². The number of carbonyl (C=O) groups is 1. The Morgan fingerprint density at radius 2 is 1.81 bits per heavy atom. The molecule has 0 aliphatic heterocycles. The van der Waals surface area contributed by atoms with Crippen molar-refractivity contribution in [2.45, 2.75) is 34.1 Å². The summed E-state index contributed by atoms with van der Waals surface area (Å²) in [6.07, 6.45) is 0.0601. The van der Waals surface area contributed by atoms with Crippen LogP contribution in [0.3, 0.4) is 0 Å². The van der Waals surface area contributed by atoms with E-state index in [-0.39, 0.29) is 23.0 Å². The van der Waals surface area contributed by atoms with Gasteiger partial charge in [0.15, 0.2) is 0 Å². The summed E-state index contributed by atoms with van der Waals surface area (Å²) < 4.78 is 15.5. The van der Waals surface area contributed by atoms with E-state index in [4.69, 9.17) is 11.6 Å². The van der Waals surface area contributed by atoms with Crippen LogP contribution in [0.2, 0.25) is 5.02 Å². The predicted molar refractivity (Wildman–Crippen MR) is 102 cm³/mol. The van der Waals surface area contributed by atoms with Crippen LogP contribution in [0.15, 0.2) is 24.3 Å². The molecule has 27 heavy (non-hydrogen) atoms. The molecule has 1 amide bonds. The monoisotopic (exact) mass is 387 g/mol. The van der Waals surface area contributed by atoms with Gasteiger partial charge in [-0.1, -0.05) is 11.6 Å². The minimum atomic E-state index is -0.580. The van der Waals surface area contributed by atoms with Gasteiger partial charge < -0.3 is 5.32 Å². The first-order chi connectivity index (χ1) is 12.7. The molecule has 8 heteroatoms. The Bertz CT molecular complexity index is 1010. The van der Waals surface area contributed by atoms with Crippen molar-refractivity contribution in [3.63, 3.8) is 0 Å². The molecule has 0 bridgehead atoms. The summed E-state index contributed by atoms with van der Waals surface area (Å²) in [6.45, 7) is 7.45. The molecule has 0 fully saturated rings. The number of rotatable bonds is 4. The molecule has 0 saturated carbocycles. The number of carbonyl (C=O) groups excluding carboxylic acids is 1. The number of aromatic nitrogens is 4. The number of benzene rings is 1. The number of halogens is 2. The summed E-state index contributed by atoms with van der Waals surface area (Å²) in [6, 6.07) is 5.99. The van der Waals surface area contributed by atoms with Crippen LogP contribution >= 0.6 is 11.6 Å². The predicted octanol–water partition coefficient (Wildman–Crippen LogP) is 3.87. The van der Waals surface area contributed by atoms with E-state index >= 15 is 0 Å². The fourth-order valence-corrected chi connectivity index (χ4v) is 3.03. The molecule has 3 aromatic rings. The second-order valence-corrected chi connectivity index (χ2v) is 6.80. The van der Waals surface area contributed by atoms with Gasteiger partial charge in [-0.05, 0) is 52.0 Å². The van der Waals surface area contributed by atoms with Crippen LogP contribution in [-0.2, 0) is 11.2 Å². The topological polar surface area (TPSA) is 72.7 Å². The lowest BCUT2D eigenvalue weighted by molar-refractivity contribution is -0.115. The Kier molecular flexibility index (Phi) is 5.23. The highest BCUT2D eigenvalue weighted by Gasteiger charge is 2.18. The zero-order chi connectivity index (χ0) is 19.7. The Hall–Kier alpha value is -2.80. The van der Waals surface area contributed by atoms with Gasteiger partial charge in [0.1, 0.15) is 5.82 Å². The largest absolute Gasteiger partial charge is 0.323 e. The van der Waals surface area contributed by atoms with Crippen molar-refractivity contribution in [2.75, 3.05) is 5.32 Å². The molecular formula is C19H19ClFN5O. The second kappa shape index (κ2) is 7.44. The van der Waals surface area contributed by atoms with Crippen molar-refractivity contribution in [2.24, 2.45) is 0 Å². The van der Waals surface area contributed by atoms with Crippen LogP contribution in [0.5, 0.6) is 0 Å². The van der Waals surface area contributed by atoms with Gasteiger partial charge in [0.25, 0.3) is 5.95 Å². The molecular weight excluding hydrogens is 369 g/mol. The first-order valence-electron chi connectivity index (χ1n) is 8.37. The van der Waals surface area contributed by atoms with Crippen molar-refractivity contribution in [1.29, 1.82) is 0 Å². The lowest BCUT2D eigenvalue weighted by Crippen LogP contribution is -2.16. The van der Waals surface area contributed by atoms with Gasteiger partial charge >= 0.3 is 0 Å². The average molecular weight is 388 g/mol. The molecule has 0 aliphatic rings. The third-order valence-electron chi connectivity index (χ3n) is 4.14. The van der Waals surface area contributed by atoms with Crippen molar-refractivity contribution in [3.05, 3.63) is 63.4 Å². The third kappa shape index (κ3) is 4.14. The average Bonchev–Trinajstić information content (AvgIpc) is 2.85. The quantitative estimate of drug-likeness (QED) is 0.737. The van der Waals surface area contributed by atoms with E-state index in [9.17, 15) is 9.18 Å². The number of hydrogen-bond donors (Lipinski definition) is 1. The maximum Gasteiger partial charge on any atom is 0.251 e. The molecule has 0 atom stereocenters. The van der Waals surface area contributed by atoms with Crippen LogP contribution in [0, 0.1) is 33.5 Å². The van der Waals surface area contributed by atoms with E-state index in [1.54, 1.807) is 4.68 Å². The minimum Gasteiger partial charge on any atom is -0.323 e. The van der Waals surface area contributed by atoms with E-state index in [0.29, 0.717) is 11.6 Å². The highest BCUT2D eigenvalue weighted by Crippen LogP contribution is 2.21. The summed E-state index contributed by atoms with van der Waals surface area (Å²) in [5.41, 5.74) is 3.98. The first-order valence-corrected chi connectivity index (χ1v) is 8.75. The lowest BCUT2D eigenvalue weighted by atomic mass is 10.1. The van der Waals surface area contributed by atoms with E-state index < -0.39 is 5.82 Å². The molecule has 0 unspecified atom stereocenters. The van der Waals surface area contributed by atoms with Crippen LogP contribution < -0.4 is 5.32 Å².